The van der Waals surface area contributed by atoms with Crippen molar-refractivity contribution in [3.05, 3.63) is 64.7 Å². The minimum absolute atomic E-state index is 0.205. The Hall–Kier alpha value is -1.84. The van der Waals surface area contributed by atoms with Crippen LogP contribution in [0.1, 0.15) is 22.3 Å². The molecular formula is C18H24N2O. The van der Waals surface area contributed by atoms with E-state index >= 15 is 0 Å². The van der Waals surface area contributed by atoms with Crippen LogP contribution in [0.4, 0.5) is 0 Å². The van der Waals surface area contributed by atoms with Crippen LogP contribution in [0.15, 0.2) is 42.5 Å². The van der Waals surface area contributed by atoms with Gasteiger partial charge in [0.15, 0.2) is 0 Å². The number of nitrogens with two attached hydrogens (primary N) is 1. The van der Waals surface area contributed by atoms with Gasteiger partial charge in [0.05, 0.1) is 7.11 Å². The van der Waals surface area contributed by atoms with E-state index in [1.807, 2.05) is 12.1 Å². The first-order chi connectivity index (χ1) is 10.1. The Labute approximate surface area is 127 Å². The molecule has 3 N–H and O–H groups in total. The maximum absolute atomic E-state index is 5.76. The molecular weight excluding hydrogens is 260 g/mol. The van der Waals surface area contributed by atoms with Gasteiger partial charge in [-0.15, -0.1) is 0 Å². The van der Waals surface area contributed by atoms with Gasteiger partial charge in [-0.05, 0) is 61.1 Å². The van der Waals surface area contributed by atoms with Crippen molar-refractivity contribution in [2.75, 3.05) is 7.11 Å². The Morgan fingerprint density at radius 3 is 2.33 bits per heavy atom. The van der Waals surface area contributed by atoms with E-state index in [-0.39, 0.29) is 6.04 Å². The van der Waals surface area contributed by atoms with E-state index in [0.29, 0.717) is 0 Å². The number of ether oxygens (including phenoxy) is 1. The summed E-state index contributed by atoms with van der Waals surface area (Å²) >= 11 is 0. The largest absolute Gasteiger partial charge is 0.497 e. The lowest BCUT2D eigenvalue weighted by molar-refractivity contribution is 0.413. The first-order valence-electron chi connectivity index (χ1n) is 7.28. The second-order valence-corrected chi connectivity index (χ2v) is 5.49. The third-order valence-electron chi connectivity index (χ3n) is 3.95. The predicted octanol–water partition coefficient (Wildman–Crippen LogP) is 2.93. The predicted molar refractivity (Wildman–Crippen MR) is 87.4 cm³/mol. The molecule has 0 heterocycles. The van der Waals surface area contributed by atoms with Gasteiger partial charge in [0, 0.05) is 6.04 Å². The molecule has 1 atom stereocenters. The Bertz CT molecular complexity index is 575. The van der Waals surface area contributed by atoms with E-state index in [9.17, 15) is 0 Å². The molecule has 0 aliphatic heterocycles. The number of methoxy groups -OCH3 is 1. The number of rotatable bonds is 6. The Balaban J connectivity index is 2.13. The quantitative estimate of drug-likeness (QED) is 0.633. The summed E-state index contributed by atoms with van der Waals surface area (Å²) < 4.78 is 5.27. The molecule has 0 saturated heterocycles. The molecule has 0 radical (unpaired) electrons. The van der Waals surface area contributed by atoms with E-state index in [0.717, 1.165) is 18.6 Å². The summed E-state index contributed by atoms with van der Waals surface area (Å²) in [7, 11) is 1.69. The lowest BCUT2D eigenvalue weighted by atomic mass is 9.93. The monoisotopic (exact) mass is 284 g/mol. The minimum Gasteiger partial charge on any atom is -0.497 e. The van der Waals surface area contributed by atoms with Gasteiger partial charge in [-0.25, -0.2) is 0 Å². The van der Waals surface area contributed by atoms with Crippen molar-refractivity contribution in [2.24, 2.45) is 5.84 Å². The van der Waals surface area contributed by atoms with Crippen molar-refractivity contribution in [2.45, 2.75) is 32.7 Å². The molecule has 1 unspecified atom stereocenters. The standard InChI is InChI=1S/C18H24N2O/c1-13-6-4-7-14(2)18(13)12-16(20-19)10-15-8-5-9-17(11-15)21-3/h4-9,11,16,20H,10,12,19H2,1-3H3. The summed E-state index contributed by atoms with van der Waals surface area (Å²) in [5.41, 5.74) is 8.19. The van der Waals surface area contributed by atoms with Crippen molar-refractivity contribution in [1.82, 2.24) is 5.43 Å². The van der Waals surface area contributed by atoms with Crippen LogP contribution in [0.2, 0.25) is 0 Å². The number of hydrogen-bond acceptors (Lipinski definition) is 3. The van der Waals surface area contributed by atoms with E-state index in [1.54, 1.807) is 7.11 Å². The number of aryl methyl sites for hydroxylation is 2. The molecule has 21 heavy (non-hydrogen) atoms. The van der Waals surface area contributed by atoms with E-state index in [4.69, 9.17) is 10.6 Å². The van der Waals surface area contributed by atoms with E-state index in [2.05, 4.69) is 49.6 Å². The summed E-state index contributed by atoms with van der Waals surface area (Å²) in [6.07, 6.45) is 1.80. The molecule has 0 bridgehead atoms. The zero-order valence-electron chi connectivity index (χ0n) is 13.0. The molecule has 0 saturated carbocycles. The topological polar surface area (TPSA) is 47.3 Å². The van der Waals surface area contributed by atoms with Gasteiger partial charge in [-0.1, -0.05) is 30.3 Å². The first kappa shape index (κ1) is 15.5. The maximum atomic E-state index is 5.76. The first-order valence-corrected chi connectivity index (χ1v) is 7.28. The van der Waals surface area contributed by atoms with Crippen molar-refractivity contribution in [1.29, 1.82) is 0 Å². The zero-order chi connectivity index (χ0) is 15.2. The third-order valence-corrected chi connectivity index (χ3v) is 3.95. The minimum atomic E-state index is 0.205. The fraction of sp³-hybridized carbons (Fsp3) is 0.333. The second-order valence-electron chi connectivity index (χ2n) is 5.49. The fourth-order valence-electron chi connectivity index (χ4n) is 2.69. The van der Waals surface area contributed by atoms with Crippen LogP contribution < -0.4 is 16.0 Å². The summed E-state index contributed by atoms with van der Waals surface area (Å²) in [6, 6.07) is 14.8. The van der Waals surface area contributed by atoms with Gasteiger partial charge < -0.3 is 4.74 Å². The highest BCUT2D eigenvalue weighted by Crippen LogP contribution is 2.18. The molecule has 0 aliphatic rings. The normalized spacial score (nSPS) is 12.2. The molecule has 0 fully saturated rings. The Morgan fingerprint density at radius 1 is 1.05 bits per heavy atom. The third kappa shape index (κ3) is 4.06. The summed E-state index contributed by atoms with van der Waals surface area (Å²) in [5, 5.41) is 0. The van der Waals surface area contributed by atoms with Gasteiger partial charge in [0.25, 0.3) is 0 Å². The maximum Gasteiger partial charge on any atom is 0.119 e. The van der Waals surface area contributed by atoms with Crippen molar-refractivity contribution in [3.63, 3.8) is 0 Å². The van der Waals surface area contributed by atoms with Crippen LogP contribution in [-0.2, 0) is 12.8 Å². The number of benzene rings is 2. The van der Waals surface area contributed by atoms with Gasteiger partial charge in [0.2, 0.25) is 0 Å². The van der Waals surface area contributed by atoms with Crippen molar-refractivity contribution < 1.29 is 4.74 Å². The van der Waals surface area contributed by atoms with Crippen LogP contribution in [0, 0.1) is 13.8 Å². The molecule has 112 valence electrons. The lowest BCUT2D eigenvalue weighted by Gasteiger charge is -2.19. The highest BCUT2D eigenvalue weighted by molar-refractivity contribution is 5.35. The average molecular weight is 284 g/mol. The Kier molecular flexibility index (Phi) is 5.37. The number of nitrogens with one attached hydrogen (secondary N) is 1. The molecule has 3 heteroatoms. The highest BCUT2D eigenvalue weighted by atomic mass is 16.5. The lowest BCUT2D eigenvalue weighted by Crippen LogP contribution is -2.38. The highest BCUT2D eigenvalue weighted by Gasteiger charge is 2.12. The van der Waals surface area contributed by atoms with Gasteiger partial charge in [-0.3, -0.25) is 11.3 Å². The molecule has 2 aromatic rings. The summed E-state index contributed by atoms with van der Waals surface area (Å²) in [5.74, 6) is 6.64. The molecule has 3 nitrogen and oxygen atoms in total. The van der Waals surface area contributed by atoms with E-state index in [1.165, 1.54) is 22.3 Å². The average Bonchev–Trinajstić information content (AvgIpc) is 2.50. The summed E-state index contributed by atoms with van der Waals surface area (Å²) in [4.78, 5) is 0. The molecule has 0 aliphatic carbocycles. The summed E-state index contributed by atoms with van der Waals surface area (Å²) in [6.45, 7) is 4.31. The molecule has 2 aromatic carbocycles. The van der Waals surface area contributed by atoms with Gasteiger partial charge >= 0.3 is 0 Å². The smallest absolute Gasteiger partial charge is 0.119 e. The van der Waals surface area contributed by atoms with Gasteiger partial charge in [0.1, 0.15) is 5.75 Å². The van der Waals surface area contributed by atoms with Crippen molar-refractivity contribution >= 4 is 0 Å². The van der Waals surface area contributed by atoms with Gasteiger partial charge in [-0.2, -0.15) is 0 Å². The molecule has 2 rings (SSSR count). The van der Waals surface area contributed by atoms with E-state index < -0.39 is 0 Å². The van der Waals surface area contributed by atoms with Crippen LogP contribution in [0.25, 0.3) is 0 Å². The second kappa shape index (κ2) is 7.25. The number of hydrazine groups is 1. The SMILES string of the molecule is COc1cccc(CC(Cc2c(C)cccc2C)NN)c1. The van der Waals surface area contributed by atoms with Crippen LogP contribution in [0.5, 0.6) is 5.75 Å². The van der Waals surface area contributed by atoms with Crippen molar-refractivity contribution in [3.8, 4) is 5.75 Å². The molecule has 0 spiro atoms. The zero-order valence-corrected chi connectivity index (χ0v) is 13.0. The van der Waals surface area contributed by atoms with Crippen LogP contribution in [-0.4, -0.2) is 13.2 Å². The van der Waals surface area contributed by atoms with Crippen LogP contribution >= 0.6 is 0 Å². The Morgan fingerprint density at radius 2 is 1.71 bits per heavy atom. The molecule has 0 aromatic heterocycles. The number of hydrogen-bond donors (Lipinski definition) is 2. The van der Waals surface area contributed by atoms with Crippen LogP contribution in [0.3, 0.4) is 0 Å². The fourth-order valence-corrected chi connectivity index (χ4v) is 2.69. The molecule has 0 amide bonds.